The molecule has 0 aromatic carbocycles. The molecular formula is C40H77NO8. The van der Waals surface area contributed by atoms with Crippen molar-refractivity contribution in [1.82, 2.24) is 5.32 Å². The minimum absolute atomic E-state index is 0.125. The van der Waals surface area contributed by atoms with E-state index in [4.69, 9.17) is 14.9 Å². The fourth-order valence-corrected chi connectivity index (χ4v) is 5.80. The maximum atomic E-state index is 12.2. The Morgan fingerprint density at radius 1 is 0.469 bits per heavy atom. The fourth-order valence-electron chi connectivity index (χ4n) is 5.80. The molecule has 0 saturated carbocycles. The molecule has 0 saturated heterocycles. The van der Waals surface area contributed by atoms with Crippen molar-refractivity contribution in [2.45, 2.75) is 219 Å². The van der Waals surface area contributed by atoms with Crippen LogP contribution in [0.4, 0.5) is 0 Å². The smallest absolute Gasteiger partial charge is 0.326 e. The Bertz CT molecular complexity index is 759. The van der Waals surface area contributed by atoms with E-state index in [1.54, 1.807) is 0 Å². The summed E-state index contributed by atoms with van der Waals surface area (Å²) in [6.45, 7) is 4.24. The molecule has 290 valence electrons. The highest BCUT2D eigenvalue weighted by molar-refractivity contribution is 5.90. The number of carboxylic acid groups (broad SMARTS) is 1. The Labute approximate surface area is 300 Å². The van der Waals surface area contributed by atoms with Gasteiger partial charge in [0.15, 0.2) is 0 Å². The Kier molecular flexibility index (Phi) is 40.5. The van der Waals surface area contributed by atoms with Gasteiger partial charge in [-0.2, -0.15) is 0 Å². The van der Waals surface area contributed by atoms with Crippen LogP contribution in [0, 0.1) is 0 Å². The van der Waals surface area contributed by atoms with Gasteiger partial charge in [0.2, 0.25) is 5.91 Å². The van der Waals surface area contributed by atoms with Crippen LogP contribution in [0.2, 0.25) is 0 Å². The molecule has 0 fully saturated rings. The standard InChI is InChI=1S/C38H71NO6.C2H6O2/c1-3-5-7-9-11-13-15-17-18-20-22-24-26-28-30-32-36(41)45-37(42)33-34(38(43)44)39-35(40)31-29-27-25-23-21-19-16-14-12-10-8-6-4-2;3-1-2-4/h34H,3-33H2,1-2H3,(H,39,40)(H,43,44);3-4H,1-2H2/t34-;/m0./s1. The van der Waals surface area contributed by atoms with E-state index in [0.29, 0.717) is 12.8 Å². The second-order valence-corrected chi connectivity index (χ2v) is 13.6. The quantitative estimate of drug-likeness (QED) is 0.0290. The SMILES string of the molecule is CCCCCCCCCCCCCCCCCC(=O)OC(=O)C[C@H](NC(=O)CCCCCCCCCCCCCCC)C(=O)O.OCCO. The van der Waals surface area contributed by atoms with Crippen molar-refractivity contribution in [1.29, 1.82) is 0 Å². The summed E-state index contributed by atoms with van der Waals surface area (Å²) in [5.74, 6) is -3.23. The van der Waals surface area contributed by atoms with Crippen molar-refractivity contribution >= 4 is 23.8 Å². The van der Waals surface area contributed by atoms with Gasteiger partial charge in [0.1, 0.15) is 6.04 Å². The number of hydrogen-bond acceptors (Lipinski definition) is 7. The topological polar surface area (TPSA) is 150 Å². The highest BCUT2D eigenvalue weighted by Crippen LogP contribution is 2.15. The molecule has 9 heteroatoms. The first-order chi connectivity index (χ1) is 23.8. The Hall–Kier alpha value is -2.00. The monoisotopic (exact) mass is 700 g/mol. The van der Waals surface area contributed by atoms with E-state index in [1.165, 1.54) is 128 Å². The van der Waals surface area contributed by atoms with Crippen LogP contribution in [0.3, 0.4) is 0 Å². The van der Waals surface area contributed by atoms with Gasteiger partial charge in [-0.25, -0.2) is 4.79 Å². The van der Waals surface area contributed by atoms with Gasteiger partial charge in [0.25, 0.3) is 0 Å². The maximum absolute atomic E-state index is 12.2. The number of ether oxygens (including phenoxy) is 1. The van der Waals surface area contributed by atoms with Gasteiger partial charge in [-0.3, -0.25) is 14.4 Å². The molecule has 0 aliphatic heterocycles. The first-order valence-electron chi connectivity index (χ1n) is 20.3. The van der Waals surface area contributed by atoms with Crippen LogP contribution in [0.1, 0.15) is 213 Å². The summed E-state index contributed by atoms with van der Waals surface area (Å²) in [6.07, 6.45) is 34.0. The molecule has 0 aromatic rings. The molecule has 4 N–H and O–H groups in total. The largest absolute Gasteiger partial charge is 0.480 e. The third-order valence-corrected chi connectivity index (χ3v) is 8.82. The Balaban J connectivity index is 0. The second-order valence-electron chi connectivity index (χ2n) is 13.6. The minimum atomic E-state index is -1.38. The van der Waals surface area contributed by atoms with E-state index in [1.807, 2.05) is 0 Å². The summed E-state index contributed by atoms with van der Waals surface area (Å²) in [6, 6.07) is -1.38. The summed E-state index contributed by atoms with van der Waals surface area (Å²) in [7, 11) is 0. The Morgan fingerprint density at radius 3 is 1.08 bits per heavy atom. The van der Waals surface area contributed by atoms with E-state index in [-0.39, 0.29) is 32.0 Å². The number of esters is 2. The molecule has 0 unspecified atom stereocenters. The van der Waals surface area contributed by atoms with Gasteiger partial charge in [-0.15, -0.1) is 0 Å². The summed E-state index contributed by atoms with van der Waals surface area (Å²) in [5.41, 5.74) is 0. The summed E-state index contributed by atoms with van der Waals surface area (Å²) in [5, 5.41) is 27.1. The van der Waals surface area contributed by atoms with E-state index < -0.39 is 30.4 Å². The number of hydrogen-bond donors (Lipinski definition) is 4. The van der Waals surface area contributed by atoms with Crippen LogP contribution in [0.15, 0.2) is 0 Å². The Morgan fingerprint density at radius 2 is 0.776 bits per heavy atom. The number of aliphatic hydroxyl groups excluding tert-OH is 2. The minimum Gasteiger partial charge on any atom is -0.480 e. The molecule has 1 atom stereocenters. The number of aliphatic hydroxyl groups is 2. The first-order valence-corrected chi connectivity index (χ1v) is 20.3. The zero-order valence-electron chi connectivity index (χ0n) is 31.8. The summed E-state index contributed by atoms with van der Waals surface area (Å²) in [4.78, 5) is 48.0. The van der Waals surface area contributed by atoms with Gasteiger partial charge < -0.3 is 25.4 Å². The average molecular weight is 700 g/mol. The molecule has 0 bridgehead atoms. The van der Waals surface area contributed by atoms with E-state index in [0.717, 1.165) is 38.5 Å². The lowest BCUT2D eigenvalue weighted by atomic mass is 10.0. The van der Waals surface area contributed by atoms with E-state index in [9.17, 15) is 24.3 Å². The molecule has 0 aromatic heterocycles. The van der Waals surface area contributed by atoms with Gasteiger partial charge >= 0.3 is 17.9 Å². The van der Waals surface area contributed by atoms with Crippen LogP contribution in [0.5, 0.6) is 0 Å². The lowest BCUT2D eigenvalue weighted by Crippen LogP contribution is -2.42. The van der Waals surface area contributed by atoms with Crippen LogP contribution >= 0.6 is 0 Å². The highest BCUT2D eigenvalue weighted by Gasteiger charge is 2.25. The lowest BCUT2D eigenvalue weighted by Gasteiger charge is -2.13. The number of rotatable bonds is 35. The zero-order chi connectivity index (χ0) is 36.6. The predicted molar refractivity (Wildman–Crippen MR) is 199 cm³/mol. The summed E-state index contributed by atoms with van der Waals surface area (Å²) < 4.78 is 4.82. The number of unbranched alkanes of at least 4 members (excludes halogenated alkanes) is 26. The highest BCUT2D eigenvalue weighted by atomic mass is 16.6. The number of nitrogens with one attached hydrogen (secondary N) is 1. The molecule has 0 heterocycles. The number of carboxylic acids is 1. The summed E-state index contributed by atoms with van der Waals surface area (Å²) >= 11 is 0. The van der Waals surface area contributed by atoms with Crippen LogP contribution < -0.4 is 5.32 Å². The van der Waals surface area contributed by atoms with E-state index >= 15 is 0 Å². The molecule has 0 rings (SSSR count). The van der Waals surface area contributed by atoms with Crippen molar-refractivity contribution in [2.75, 3.05) is 13.2 Å². The lowest BCUT2D eigenvalue weighted by molar-refractivity contribution is -0.161. The number of carbonyl (C=O) groups excluding carboxylic acids is 3. The predicted octanol–water partition coefficient (Wildman–Crippen LogP) is 9.73. The third-order valence-electron chi connectivity index (χ3n) is 8.82. The zero-order valence-corrected chi connectivity index (χ0v) is 31.8. The second kappa shape index (κ2) is 40.4. The van der Waals surface area contributed by atoms with Crippen LogP contribution in [-0.4, -0.2) is 58.4 Å². The van der Waals surface area contributed by atoms with Crippen molar-refractivity contribution < 1.29 is 39.2 Å². The molecule has 0 aliphatic rings. The normalized spacial score (nSPS) is 11.4. The maximum Gasteiger partial charge on any atom is 0.326 e. The van der Waals surface area contributed by atoms with Gasteiger partial charge in [-0.1, -0.05) is 181 Å². The third kappa shape index (κ3) is 40.3. The first kappa shape index (κ1) is 49.1. The molecule has 49 heavy (non-hydrogen) atoms. The van der Waals surface area contributed by atoms with Gasteiger partial charge in [0, 0.05) is 12.8 Å². The molecule has 1 amide bonds. The van der Waals surface area contributed by atoms with Crippen LogP contribution in [-0.2, 0) is 23.9 Å². The van der Waals surface area contributed by atoms with E-state index in [2.05, 4.69) is 19.2 Å². The molecule has 0 spiro atoms. The van der Waals surface area contributed by atoms with Crippen molar-refractivity contribution in [3.63, 3.8) is 0 Å². The van der Waals surface area contributed by atoms with Crippen molar-refractivity contribution in [3.8, 4) is 0 Å². The van der Waals surface area contributed by atoms with Gasteiger partial charge in [0.05, 0.1) is 19.6 Å². The fraction of sp³-hybridized carbons (Fsp3) is 0.900. The molecule has 0 radical (unpaired) electrons. The number of aliphatic carboxylic acids is 1. The molecular weight excluding hydrogens is 622 g/mol. The molecule has 0 aliphatic carbocycles. The average Bonchev–Trinajstić information content (AvgIpc) is 3.08. The van der Waals surface area contributed by atoms with Gasteiger partial charge in [-0.05, 0) is 12.8 Å². The van der Waals surface area contributed by atoms with Crippen molar-refractivity contribution in [3.05, 3.63) is 0 Å². The number of carbonyl (C=O) groups is 4. The number of amides is 1. The van der Waals surface area contributed by atoms with Crippen LogP contribution in [0.25, 0.3) is 0 Å². The van der Waals surface area contributed by atoms with Crippen molar-refractivity contribution in [2.24, 2.45) is 0 Å². The molecule has 9 nitrogen and oxygen atoms in total.